The van der Waals surface area contributed by atoms with Gasteiger partial charge in [0.15, 0.2) is 0 Å². The lowest BCUT2D eigenvalue weighted by atomic mass is 10.0. The summed E-state index contributed by atoms with van der Waals surface area (Å²) in [4.78, 5) is 5.41. The number of pyridine rings is 1. The van der Waals surface area contributed by atoms with Gasteiger partial charge in [-0.15, -0.1) is 22.7 Å². The van der Waals surface area contributed by atoms with E-state index in [2.05, 4.69) is 11.1 Å². The number of hydrogen-bond donors (Lipinski definition) is 1. The van der Waals surface area contributed by atoms with Crippen LogP contribution in [0.15, 0.2) is 30.6 Å². The highest BCUT2D eigenvalue weighted by Crippen LogP contribution is 2.49. The minimum Gasteiger partial charge on any atom is -0.396 e. The summed E-state index contributed by atoms with van der Waals surface area (Å²) in [6.07, 6.45) is 3.40. The Balaban J connectivity index is 2.31. The second-order valence-electron chi connectivity index (χ2n) is 4.14. The highest BCUT2D eigenvalue weighted by atomic mass is 35.5. The molecule has 0 unspecified atom stereocenters. The van der Waals surface area contributed by atoms with E-state index >= 15 is 0 Å². The van der Waals surface area contributed by atoms with Crippen LogP contribution < -0.4 is 5.73 Å². The molecule has 2 N–H and O–H groups in total. The lowest BCUT2D eigenvalue weighted by molar-refractivity contribution is 1.33. The monoisotopic (exact) mass is 351 g/mol. The van der Waals surface area contributed by atoms with Gasteiger partial charge in [-0.2, -0.15) is 5.26 Å². The molecule has 21 heavy (non-hydrogen) atoms. The van der Waals surface area contributed by atoms with Crippen LogP contribution in [0.3, 0.4) is 0 Å². The van der Waals surface area contributed by atoms with Gasteiger partial charge < -0.3 is 5.73 Å². The van der Waals surface area contributed by atoms with Crippen molar-refractivity contribution >= 4 is 51.6 Å². The van der Waals surface area contributed by atoms with Crippen molar-refractivity contribution in [2.45, 2.75) is 0 Å². The van der Waals surface area contributed by atoms with Gasteiger partial charge in [0.05, 0.1) is 10.0 Å². The third kappa shape index (κ3) is 2.52. The Labute approximate surface area is 139 Å². The number of nitriles is 1. The Morgan fingerprint density at radius 1 is 1.29 bits per heavy atom. The second-order valence-corrected chi connectivity index (χ2v) is 7.45. The molecule has 0 fully saturated rings. The average molecular weight is 352 g/mol. The molecule has 0 aromatic carbocycles. The van der Waals surface area contributed by atoms with Gasteiger partial charge in [0.25, 0.3) is 0 Å². The average Bonchev–Trinajstić information content (AvgIpc) is 2.99. The summed E-state index contributed by atoms with van der Waals surface area (Å²) in [5, 5.41) is 9.23. The van der Waals surface area contributed by atoms with E-state index in [-0.39, 0.29) is 0 Å². The molecule has 3 heterocycles. The first-order chi connectivity index (χ1) is 10.1. The number of nitrogens with two attached hydrogens (primary N) is 1. The Hall–Kier alpha value is -1.58. The molecule has 0 saturated carbocycles. The molecule has 3 rings (SSSR count). The van der Waals surface area contributed by atoms with Crippen LogP contribution in [0.2, 0.25) is 8.67 Å². The molecule has 3 nitrogen and oxygen atoms in total. The van der Waals surface area contributed by atoms with E-state index in [1.54, 1.807) is 18.5 Å². The summed E-state index contributed by atoms with van der Waals surface area (Å²) in [5.74, 6) is 0. The third-order valence-electron chi connectivity index (χ3n) is 2.90. The number of aromatic nitrogens is 1. The highest BCUT2D eigenvalue weighted by Gasteiger charge is 2.21. The summed E-state index contributed by atoms with van der Waals surface area (Å²) < 4.78 is 1.17. The maximum absolute atomic E-state index is 9.23. The zero-order valence-corrected chi connectivity index (χ0v) is 13.6. The van der Waals surface area contributed by atoms with Crippen molar-refractivity contribution in [2.24, 2.45) is 0 Å². The van der Waals surface area contributed by atoms with Crippen LogP contribution in [0.5, 0.6) is 0 Å². The van der Waals surface area contributed by atoms with E-state index in [0.29, 0.717) is 19.2 Å². The summed E-state index contributed by atoms with van der Waals surface area (Å²) in [7, 11) is 0. The quantitative estimate of drug-likeness (QED) is 0.681. The Morgan fingerprint density at radius 3 is 2.67 bits per heavy atom. The topological polar surface area (TPSA) is 62.7 Å². The van der Waals surface area contributed by atoms with Gasteiger partial charge in [-0.3, -0.25) is 4.98 Å². The molecule has 0 aliphatic carbocycles. The largest absolute Gasteiger partial charge is 0.396 e. The maximum atomic E-state index is 9.23. The molecule has 0 radical (unpaired) electrons. The van der Waals surface area contributed by atoms with E-state index in [9.17, 15) is 5.26 Å². The first-order valence-corrected chi connectivity index (χ1v) is 8.18. The van der Waals surface area contributed by atoms with Gasteiger partial charge in [0.2, 0.25) is 0 Å². The molecule has 3 aromatic rings. The van der Waals surface area contributed by atoms with Crippen LogP contribution in [-0.4, -0.2) is 4.98 Å². The van der Waals surface area contributed by atoms with E-state index in [1.807, 2.05) is 12.1 Å². The number of hydrogen-bond acceptors (Lipinski definition) is 5. The summed E-state index contributed by atoms with van der Waals surface area (Å²) in [6, 6.07) is 7.64. The first kappa shape index (κ1) is 14.4. The molecular weight excluding hydrogens is 345 g/mol. The lowest BCUT2D eigenvalue weighted by Crippen LogP contribution is -1.89. The number of nitrogens with zero attached hydrogens (tertiary/aromatic N) is 2. The third-order valence-corrected chi connectivity index (χ3v) is 5.53. The second kappa shape index (κ2) is 5.66. The van der Waals surface area contributed by atoms with Gasteiger partial charge in [0, 0.05) is 34.0 Å². The Bertz CT molecular complexity index is 847. The molecule has 0 atom stereocenters. The van der Waals surface area contributed by atoms with E-state index in [1.165, 1.54) is 22.7 Å². The van der Waals surface area contributed by atoms with Crippen LogP contribution in [-0.2, 0) is 0 Å². The standard InChI is InChI=1S/C14H7Cl2N3S2/c15-10-4-8(14(16)21-10)13-11(7-2-1-3-19-6-7)12(18)9(5-17)20-13/h1-4,6H,18H2. The fourth-order valence-electron chi connectivity index (χ4n) is 2.01. The highest BCUT2D eigenvalue weighted by molar-refractivity contribution is 7.22. The first-order valence-electron chi connectivity index (χ1n) is 5.79. The minimum absolute atomic E-state index is 0.448. The SMILES string of the molecule is N#Cc1sc(-c2cc(Cl)sc2Cl)c(-c2cccnc2)c1N. The minimum atomic E-state index is 0.448. The normalized spacial score (nSPS) is 10.5. The summed E-state index contributed by atoms with van der Waals surface area (Å²) in [5.41, 5.74) is 9.00. The van der Waals surface area contributed by atoms with Crippen LogP contribution in [0.4, 0.5) is 5.69 Å². The lowest BCUT2D eigenvalue weighted by Gasteiger charge is -2.04. The van der Waals surface area contributed by atoms with Crippen LogP contribution >= 0.6 is 45.9 Å². The Kier molecular flexibility index (Phi) is 3.87. The smallest absolute Gasteiger partial charge is 0.129 e. The molecule has 3 aromatic heterocycles. The molecule has 0 saturated heterocycles. The van der Waals surface area contributed by atoms with Crippen molar-refractivity contribution in [3.05, 3.63) is 44.1 Å². The fourth-order valence-corrected chi connectivity index (χ4v) is 4.67. The van der Waals surface area contributed by atoms with Crippen LogP contribution in [0, 0.1) is 11.3 Å². The van der Waals surface area contributed by atoms with Gasteiger partial charge in [-0.05, 0) is 12.1 Å². The predicted octanol–water partition coefficient (Wildman–Crippen LogP) is 5.30. The zero-order chi connectivity index (χ0) is 15.0. The van der Waals surface area contributed by atoms with Crippen LogP contribution in [0.1, 0.15) is 4.88 Å². The molecule has 0 aliphatic heterocycles. The van der Waals surface area contributed by atoms with E-state index in [0.717, 1.165) is 21.6 Å². The maximum Gasteiger partial charge on any atom is 0.129 e. The number of rotatable bonds is 2. The molecule has 0 spiro atoms. The molecule has 0 amide bonds. The van der Waals surface area contributed by atoms with E-state index in [4.69, 9.17) is 28.9 Å². The molecule has 104 valence electrons. The summed E-state index contributed by atoms with van der Waals surface area (Å²) in [6.45, 7) is 0. The van der Waals surface area contributed by atoms with Gasteiger partial charge in [-0.25, -0.2) is 0 Å². The number of nitrogen functional groups attached to an aromatic ring is 1. The van der Waals surface area contributed by atoms with Gasteiger partial charge >= 0.3 is 0 Å². The fraction of sp³-hybridized carbons (Fsp3) is 0. The molecular formula is C14H7Cl2N3S2. The zero-order valence-electron chi connectivity index (χ0n) is 10.4. The van der Waals surface area contributed by atoms with E-state index < -0.39 is 0 Å². The number of halogens is 2. The number of thiophene rings is 2. The summed E-state index contributed by atoms with van der Waals surface area (Å²) >= 11 is 14.9. The molecule has 7 heteroatoms. The Morgan fingerprint density at radius 2 is 2.10 bits per heavy atom. The van der Waals surface area contributed by atoms with Crippen molar-refractivity contribution in [1.82, 2.24) is 4.98 Å². The van der Waals surface area contributed by atoms with Gasteiger partial charge in [-0.1, -0.05) is 29.3 Å². The van der Waals surface area contributed by atoms with Crippen LogP contribution in [0.25, 0.3) is 21.6 Å². The van der Waals surface area contributed by atoms with Crippen molar-refractivity contribution in [3.63, 3.8) is 0 Å². The van der Waals surface area contributed by atoms with Crippen molar-refractivity contribution in [2.75, 3.05) is 5.73 Å². The predicted molar refractivity (Wildman–Crippen MR) is 90.0 cm³/mol. The molecule has 0 bridgehead atoms. The van der Waals surface area contributed by atoms with Crippen molar-refractivity contribution in [3.8, 4) is 27.6 Å². The van der Waals surface area contributed by atoms with Crippen molar-refractivity contribution in [1.29, 1.82) is 5.26 Å². The van der Waals surface area contributed by atoms with Crippen molar-refractivity contribution < 1.29 is 0 Å². The van der Waals surface area contributed by atoms with Gasteiger partial charge in [0.1, 0.15) is 15.3 Å². The molecule has 0 aliphatic rings. The number of anilines is 1.